The lowest BCUT2D eigenvalue weighted by Gasteiger charge is -2.43. The van der Waals surface area contributed by atoms with Crippen LogP contribution in [0.15, 0.2) is 90.7 Å². The van der Waals surface area contributed by atoms with E-state index in [-0.39, 0.29) is 53.2 Å². The number of fused-ring (bicyclic) bond motifs is 2. The number of allylic oxidation sites excluding steroid dienone is 7. The first-order valence-corrected chi connectivity index (χ1v) is 26.8. The second-order valence-electron chi connectivity index (χ2n) is 20.0. The number of unbranched alkanes of at least 4 members (excludes halogenated alkanes) is 2. The molecule has 1 aliphatic carbocycles. The molecule has 2 aromatic carbocycles. The van der Waals surface area contributed by atoms with Crippen LogP contribution in [0.25, 0.3) is 11.1 Å². The zero-order valence-corrected chi connectivity index (χ0v) is 44.7. The number of anilines is 1. The molecular formula is C57H79N3O12S. The number of carbonyl (C=O) groups is 3. The van der Waals surface area contributed by atoms with Crippen molar-refractivity contribution >= 4 is 46.7 Å². The van der Waals surface area contributed by atoms with Crippen LogP contribution in [0.2, 0.25) is 0 Å². The predicted octanol–water partition coefficient (Wildman–Crippen LogP) is 9.22. The highest BCUT2D eigenvalue weighted by Crippen LogP contribution is 2.53. The molecule has 3 unspecified atom stereocenters. The molecule has 3 atom stereocenters. The highest BCUT2D eigenvalue weighted by molar-refractivity contribution is 7.94. The number of hydrogen-bond acceptors (Lipinski definition) is 15. The summed E-state index contributed by atoms with van der Waals surface area (Å²) >= 11 is 0.895. The van der Waals surface area contributed by atoms with E-state index in [9.17, 15) is 24.0 Å². The number of rotatable bonds is 31. The van der Waals surface area contributed by atoms with Gasteiger partial charge in [0.1, 0.15) is 5.75 Å². The van der Waals surface area contributed by atoms with Gasteiger partial charge in [-0.05, 0) is 93.3 Å². The normalized spacial score (nSPS) is 20.9. The van der Waals surface area contributed by atoms with Crippen molar-refractivity contribution in [1.29, 1.82) is 0 Å². The van der Waals surface area contributed by atoms with E-state index in [1.807, 2.05) is 24.3 Å². The van der Waals surface area contributed by atoms with Gasteiger partial charge in [-0.3, -0.25) is 9.59 Å². The third-order valence-corrected chi connectivity index (χ3v) is 14.6. The van der Waals surface area contributed by atoms with Crippen LogP contribution in [0.3, 0.4) is 0 Å². The second-order valence-corrected chi connectivity index (χ2v) is 20.8. The van der Waals surface area contributed by atoms with Gasteiger partial charge in [0.05, 0.1) is 84.3 Å². The molecule has 16 heteroatoms. The van der Waals surface area contributed by atoms with Crippen molar-refractivity contribution in [1.82, 2.24) is 9.96 Å². The number of phenols is 1. The average molecular weight is 1030 g/mol. The second kappa shape index (κ2) is 28.8. The molecular weight excluding hydrogens is 951 g/mol. The monoisotopic (exact) mass is 1030 g/mol. The fraction of sp³-hybridized carbons (Fsp3) is 0.561. The van der Waals surface area contributed by atoms with Gasteiger partial charge < -0.3 is 52.7 Å². The Morgan fingerprint density at radius 1 is 0.808 bits per heavy atom. The van der Waals surface area contributed by atoms with Crippen LogP contribution in [0.1, 0.15) is 96.3 Å². The summed E-state index contributed by atoms with van der Waals surface area (Å²) in [4.78, 5) is 46.2. The Balaban J connectivity index is 1.11. The van der Waals surface area contributed by atoms with Gasteiger partial charge in [-0.25, -0.2) is 4.79 Å². The summed E-state index contributed by atoms with van der Waals surface area (Å²) in [5.41, 5.74) is 6.56. The van der Waals surface area contributed by atoms with Gasteiger partial charge in [0.25, 0.3) is 11.8 Å². The topological polar surface area (TPSA) is 166 Å². The lowest BCUT2D eigenvalue weighted by molar-refractivity contribution is -0.197. The first kappa shape index (κ1) is 57.5. The highest BCUT2D eigenvalue weighted by Gasteiger charge is 2.50. The number of imide groups is 1. The molecule has 0 spiro atoms. The van der Waals surface area contributed by atoms with Crippen LogP contribution in [0.4, 0.5) is 5.69 Å². The van der Waals surface area contributed by atoms with Gasteiger partial charge in [0.15, 0.2) is 0 Å². The first-order chi connectivity index (χ1) is 35.2. The summed E-state index contributed by atoms with van der Waals surface area (Å²) in [6.07, 6.45) is 19.1. The van der Waals surface area contributed by atoms with Crippen molar-refractivity contribution in [2.24, 2.45) is 11.3 Å². The van der Waals surface area contributed by atoms with Crippen molar-refractivity contribution in [3.8, 4) is 5.75 Å². The van der Waals surface area contributed by atoms with Crippen LogP contribution in [0, 0.1) is 11.3 Å². The fourth-order valence-corrected chi connectivity index (χ4v) is 10.6. The highest BCUT2D eigenvalue weighted by atomic mass is 32.2. The van der Waals surface area contributed by atoms with E-state index in [4.69, 9.17) is 33.3 Å². The SMILES string of the molecule is COCCOCCOCCOCCOCCOCCN1c2cc(O)c(C(=C\Cc3ccccc3)/C=C/C=C3\N(CCCCCC(=O)ON4C(=O)CCC4=O)C4C=CC(SO)CC4C3(C)C)cc2C(C)=CC1(C)C. The van der Waals surface area contributed by atoms with Crippen LogP contribution in [0.5, 0.6) is 5.75 Å². The Morgan fingerprint density at radius 2 is 1.44 bits per heavy atom. The fourth-order valence-electron chi connectivity index (χ4n) is 10.2. The van der Waals surface area contributed by atoms with Gasteiger partial charge >= 0.3 is 5.97 Å². The number of methoxy groups -OCH3 is 1. The predicted molar refractivity (Wildman–Crippen MR) is 286 cm³/mol. The van der Waals surface area contributed by atoms with E-state index in [0.717, 1.165) is 71.4 Å². The number of ether oxygens (including phenoxy) is 6. The molecule has 3 heterocycles. The minimum Gasteiger partial charge on any atom is -0.507 e. The molecule has 0 aromatic heterocycles. The minimum atomic E-state index is -0.579. The molecule has 2 aromatic rings. The van der Waals surface area contributed by atoms with Crippen molar-refractivity contribution in [3.05, 3.63) is 107 Å². The molecule has 2 amide bonds. The van der Waals surface area contributed by atoms with E-state index in [1.54, 1.807) is 7.11 Å². The van der Waals surface area contributed by atoms with E-state index in [2.05, 4.69) is 105 Å². The summed E-state index contributed by atoms with van der Waals surface area (Å²) in [6, 6.07) is 14.5. The summed E-state index contributed by atoms with van der Waals surface area (Å²) in [7, 11) is 1.64. The lowest BCUT2D eigenvalue weighted by Crippen LogP contribution is -2.46. The number of carbonyl (C=O) groups excluding carboxylic acids is 3. The van der Waals surface area contributed by atoms with Crippen LogP contribution in [-0.2, 0) is 54.1 Å². The first-order valence-electron chi connectivity index (χ1n) is 25.9. The zero-order chi connectivity index (χ0) is 52.2. The van der Waals surface area contributed by atoms with Crippen molar-refractivity contribution in [2.75, 3.05) is 97.8 Å². The van der Waals surface area contributed by atoms with E-state index in [0.29, 0.717) is 97.1 Å². The third-order valence-electron chi connectivity index (χ3n) is 14.0. The maximum atomic E-state index is 12.5. The molecule has 400 valence electrons. The van der Waals surface area contributed by atoms with Crippen molar-refractivity contribution in [3.63, 3.8) is 0 Å². The van der Waals surface area contributed by atoms with Crippen LogP contribution < -0.4 is 4.90 Å². The summed E-state index contributed by atoms with van der Waals surface area (Å²) in [5.74, 6) is -1.09. The molecule has 0 radical (unpaired) electrons. The molecule has 0 saturated carbocycles. The number of phenolic OH excluding ortho intramolecular Hbond substituents is 1. The van der Waals surface area contributed by atoms with E-state index >= 15 is 0 Å². The van der Waals surface area contributed by atoms with E-state index in [1.165, 1.54) is 5.70 Å². The largest absolute Gasteiger partial charge is 0.507 e. The van der Waals surface area contributed by atoms with Gasteiger partial charge in [-0.15, -0.1) is 5.06 Å². The molecule has 2 N–H and O–H groups in total. The average Bonchev–Trinajstić information content (AvgIpc) is 3.79. The van der Waals surface area contributed by atoms with Crippen molar-refractivity contribution < 1.29 is 57.3 Å². The molecule has 6 rings (SSSR count). The molecule has 73 heavy (non-hydrogen) atoms. The molecule has 15 nitrogen and oxygen atoms in total. The third kappa shape index (κ3) is 16.4. The smallest absolute Gasteiger partial charge is 0.333 e. The molecule has 2 fully saturated rings. The Hall–Kier alpha value is -4.78. The minimum absolute atomic E-state index is 0.0140. The standard InChI is InChI=1S/C57H79N3O12S/c1-42-41-56(2,3)59(26-27-67-30-31-69-34-35-71-37-36-70-33-32-68-29-28-66-6)50-40-51(61)47(39-46(42)50)44(20-19-43-14-9-7-10-15-43)16-13-17-52-57(4,5)48-38-45(73-65)21-22-49(48)58(52)25-12-8-11-18-55(64)72-60-53(62)23-24-54(60)63/h7,9-10,13-17,20-22,39-41,45,48-49,61,65H,8,11-12,18-19,23-38H2,1-6H3/b16-13+,44-20-,52-17-. The molecule has 2 saturated heterocycles. The number of hydroxylamine groups is 2. The number of hydrogen-bond donors (Lipinski definition) is 2. The van der Waals surface area contributed by atoms with Crippen LogP contribution in [-0.4, -0.2) is 147 Å². The summed E-state index contributed by atoms with van der Waals surface area (Å²) < 4.78 is 43.3. The maximum Gasteiger partial charge on any atom is 0.333 e. The number of aromatic hydroxyl groups is 1. The van der Waals surface area contributed by atoms with Gasteiger partial charge in [0.2, 0.25) is 0 Å². The number of likely N-dealkylation sites (tertiary alicyclic amines) is 1. The van der Waals surface area contributed by atoms with Crippen LogP contribution >= 0.6 is 12.0 Å². The van der Waals surface area contributed by atoms with Gasteiger partial charge in [-0.2, -0.15) is 0 Å². The summed E-state index contributed by atoms with van der Waals surface area (Å²) in [6.45, 7) is 17.9. The lowest BCUT2D eigenvalue weighted by atomic mass is 9.72. The molecule has 4 aliphatic rings. The number of nitrogens with zero attached hydrogens (tertiary/aromatic N) is 3. The van der Waals surface area contributed by atoms with Gasteiger partial charge in [0, 0.05) is 78.7 Å². The Labute approximate surface area is 437 Å². The maximum absolute atomic E-state index is 12.5. The zero-order valence-electron chi connectivity index (χ0n) is 43.9. The Morgan fingerprint density at radius 3 is 2.07 bits per heavy atom. The Bertz CT molecular complexity index is 2260. The van der Waals surface area contributed by atoms with Gasteiger partial charge in [-0.1, -0.05) is 87.1 Å². The molecule has 0 bridgehead atoms. The quantitative estimate of drug-likeness (QED) is 0.0241. The Kier molecular flexibility index (Phi) is 22.7. The number of benzene rings is 2. The molecule has 3 aliphatic heterocycles. The number of amides is 2. The van der Waals surface area contributed by atoms with E-state index < -0.39 is 17.8 Å². The summed E-state index contributed by atoms with van der Waals surface area (Å²) in [5, 5.41) is 12.6. The van der Waals surface area contributed by atoms with Crippen molar-refractivity contribution in [2.45, 2.75) is 103 Å².